The van der Waals surface area contributed by atoms with E-state index >= 15 is 0 Å². The van der Waals surface area contributed by atoms with Crippen molar-refractivity contribution in [3.63, 3.8) is 0 Å². The molecule has 1 aromatic rings. The number of amides is 3. The molecular formula is C14H15N3O5. The second-order valence-electron chi connectivity index (χ2n) is 4.75. The maximum Gasteiger partial charge on any atom is 0.337 e. The van der Waals surface area contributed by atoms with Crippen molar-refractivity contribution in [2.24, 2.45) is 5.92 Å². The van der Waals surface area contributed by atoms with Crippen LogP contribution < -0.4 is 10.7 Å². The molecule has 8 nitrogen and oxygen atoms in total. The Morgan fingerprint density at radius 1 is 1.36 bits per heavy atom. The summed E-state index contributed by atoms with van der Waals surface area (Å²) in [5, 5.41) is 3.60. The van der Waals surface area contributed by atoms with Gasteiger partial charge in [0.05, 0.1) is 12.7 Å². The normalized spacial score (nSPS) is 17.2. The Bertz CT molecular complexity index is 643. The van der Waals surface area contributed by atoms with Crippen molar-refractivity contribution in [1.29, 1.82) is 0 Å². The monoisotopic (exact) mass is 305 g/mol. The molecule has 1 fully saturated rings. The molecule has 1 saturated heterocycles. The first-order chi connectivity index (χ1) is 10.4. The summed E-state index contributed by atoms with van der Waals surface area (Å²) in [5.41, 5.74) is 2.99. The van der Waals surface area contributed by atoms with Crippen LogP contribution in [0.1, 0.15) is 16.8 Å². The van der Waals surface area contributed by atoms with Gasteiger partial charge in [0, 0.05) is 19.2 Å². The van der Waals surface area contributed by atoms with Gasteiger partial charge in [0.15, 0.2) is 0 Å². The molecule has 1 aliphatic rings. The minimum absolute atomic E-state index is 0.266. The molecule has 1 aromatic carbocycles. The highest BCUT2D eigenvalue weighted by Crippen LogP contribution is 2.16. The van der Waals surface area contributed by atoms with Gasteiger partial charge in [-0.2, -0.15) is 0 Å². The summed E-state index contributed by atoms with van der Waals surface area (Å²) in [4.78, 5) is 46.6. The molecule has 1 atom stereocenters. The molecule has 8 heteroatoms. The molecule has 0 radical (unpaired) electrons. The summed E-state index contributed by atoms with van der Waals surface area (Å²) in [5.74, 6) is -3.02. The van der Waals surface area contributed by atoms with Gasteiger partial charge < -0.3 is 10.1 Å². The lowest BCUT2D eigenvalue weighted by Crippen LogP contribution is -2.31. The highest BCUT2D eigenvalue weighted by Gasteiger charge is 2.38. The van der Waals surface area contributed by atoms with Crippen LogP contribution in [0, 0.1) is 5.92 Å². The van der Waals surface area contributed by atoms with Gasteiger partial charge in [-0.15, -0.1) is 0 Å². The van der Waals surface area contributed by atoms with Crippen LogP contribution in [-0.2, 0) is 19.1 Å². The topological polar surface area (TPSA) is 105 Å². The lowest BCUT2D eigenvalue weighted by Gasteiger charge is -2.09. The Morgan fingerprint density at radius 3 is 2.68 bits per heavy atom. The van der Waals surface area contributed by atoms with Crippen molar-refractivity contribution in [2.45, 2.75) is 6.42 Å². The van der Waals surface area contributed by atoms with Crippen molar-refractivity contribution in [1.82, 2.24) is 10.4 Å². The van der Waals surface area contributed by atoms with Crippen molar-refractivity contribution in [3.8, 4) is 0 Å². The lowest BCUT2D eigenvalue weighted by molar-refractivity contribution is -0.134. The van der Waals surface area contributed by atoms with Crippen LogP contribution in [0.5, 0.6) is 0 Å². The fraction of sp³-hybridized carbons (Fsp3) is 0.286. The van der Waals surface area contributed by atoms with E-state index in [0.29, 0.717) is 5.69 Å². The molecule has 0 aliphatic carbocycles. The van der Waals surface area contributed by atoms with E-state index in [1.54, 1.807) is 18.2 Å². The predicted octanol–water partition coefficient (Wildman–Crippen LogP) is -0.0788. The highest BCUT2D eigenvalue weighted by molar-refractivity contribution is 6.08. The Kier molecular flexibility index (Phi) is 4.40. The number of ether oxygens (including phenoxy) is 1. The minimum atomic E-state index is -1.03. The van der Waals surface area contributed by atoms with Crippen LogP contribution in [-0.4, -0.2) is 42.9 Å². The second-order valence-corrected chi connectivity index (χ2v) is 4.75. The van der Waals surface area contributed by atoms with Crippen LogP contribution in [0.15, 0.2) is 24.3 Å². The summed E-state index contributed by atoms with van der Waals surface area (Å²) in [7, 11) is 2.67. The van der Waals surface area contributed by atoms with Crippen LogP contribution in [0.4, 0.5) is 5.69 Å². The molecule has 2 rings (SSSR count). The van der Waals surface area contributed by atoms with Gasteiger partial charge in [-0.05, 0) is 18.2 Å². The summed E-state index contributed by atoms with van der Waals surface area (Å²) in [6.07, 6.45) is -0.266. The fourth-order valence-corrected chi connectivity index (χ4v) is 2.06. The van der Waals surface area contributed by atoms with Gasteiger partial charge in [-0.3, -0.25) is 24.8 Å². The number of carbonyl (C=O) groups excluding carboxylic acids is 4. The number of methoxy groups -OCH3 is 1. The van der Waals surface area contributed by atoms with E-state index in [2.05, 4.69) is 15.5 Å². The van der Waals surface area contributed by atoms with E-state index in [1.807, 2.05) is 0 Å². The molecule has 0 spiro atoms. The van der Waals surface area contributed by atoms with E-state index in [4.69, 9.17) is 0 Å². The molecule has 22 heavy (non-hydrogen) atoms. The third-order valence-electron chi connectivity index (χ3n) is 3.18. The SMILES string of the molecule is COC(=O)c1cccc(NC(=O)CC2C(=O)NN(C)C2=O)c1. The third-order valence-corrected chi connectivity index (χ3v) is 3.18. The number of hydrazine groups is 1. The average Bonchev–Trinajstić information content (AvgIpc) is 2.73. The Labute approximate surface area is 126 Å². The number of esters is 1. The minimum Gasteiger partial charge on any atom is -0.465 e. The predicted molar refractivity (Wildman–Crippen MR) is 75.4 cm³/mol. The standard InChI is InChI=1S/C14H15N3O5/c1-17-13(20)10(12(19)16-17)7-11(18)15-9-5-3-4-8(6-9)14(21)22-2/h3-6,10H,7H2,1-2H3,(H,15,18)(H,16,19). The number of hydrogen-bond acceptors (Lipinski definition) is 5. The number of carbonyl (C=O) groups is 4. The summed E-state index contributed by atoms with van der Waals surface area (Å²) < 4.78 is 4.59. The van der Waals surface area contributed by atoms with Gasteiger partial charge in [0.25, 0.3) is 11.8 Å². The maximum absolute atomic E-state index is 11.9. The van der Waals surface area contributed by atoms with Crippen molar-refractivity contribution in [3.05, 3.63) is 29.8 Å². The van der Waals surface area contributed by atoms with Crippen LogP contribution in [0.3, 0.4) is 0 Å². The summed E-state index contributed by atoms with van der Waals surface area (Å²) >= 11 is 0. The Hall–Kier alpha value is -2.90. The molecule has 1 aliphatic heterocycles. The molecule has 1 unspecified atom stereocenters. The second kappa shape index (κ2) is 6.25. The van der Waals surface area contributed by atoms with E-state index in [-0.39, 0.29) is 12.0 Å². The maximum atomic E-state index is 11.9. The van der Waals surface area contributed by atoms with Gasteiger partial charge in [-0.25, -0.2) is 4.79 Å². The Balaban J connectivity index is 2.02. The summed E-state index contributed by atoms with van der Waals surface area (Å²) in [6, 6.07) is 6.17. The van der Waals surface area contributed by atoms with Gasteiger partial charge >= 0.3 is 5.97 Å². The zero-order valence-electron chi connectivity index (χ0n) is 12.1. The largest absolute Gasteiger partial charge is 0.465 e. The zero-order chi connectivity index (χ0) is 16.3. The quantitative estimate of drug-likeness (QED) is 0.598. The fourth-order valence-electron chi connectivity index (χ4n) is 2.06. The number of nitrogens with zero attached hydrogens (tertiary/aromatic N) is 1. The van der Waals surface area contributed by atoms with E-state index in [9.17, 15) is 19.2 Å². The van der Waals surface area contributed by atoms with Crippen molar-refractivity contribution < 1.29 is 23.9 Å². The molecule has 3 amide bonds. The molecule has 0 saturated carbocycles. The third kappa shape index (κ3) is 3.22. The molecule has 0 bridgehead atoms. The van der Waals surface area contributed by atoms with Crippen molar-refractivity contribution >= 4 is 29.4 Å². The number of anilines is 1. The molecule has 1 heterocycles. The van der Waals surface area contributed by atoms with Gasteiger partial charge in [0.1, 0.15) is 5.92 Å². The first kappa shape index (κ1) is 15.5. The van der Waals surface area contributed by atoms with Gasteiger partial charge in [-0.1, -0.05) is 6.07 Å². The zero-order valence-corrected chi connectivity index (χ0v) is 12.1. The van der Waals surface area contributed by atoms with E-state index in [1.165, 1.54) is 20.2 Å². The molecule has 2 N–H and O–H groups in total. The average molecular weight is 305 g/mol. The van der Waals surface area contributed by atoms with Crippen LogP contribution in [0.2, 0.25) is 0 Å². The number of hydrogen-bond donors (Lipinski definition) is 2. The molecule has 0 aromatic heterocycles. The first-order valence-corrected chi connectivity index (χ1v) is 6.48. The highest BCUT2D eigenvalue weighted by atomic mass is 16.5. The van der Waals surface area contributed by atoms with Crippen LogP contribution in [0.25, 0.3) is 0 Å². The van der Waals surface area contributed by atoms with Crippen LogP contribution >= 0.6 is 0 Å². The number of nitrogens with one attached hydrogen (secondary N) is 2. The first-order valence-electron chi connectivity index (χ1n) is 6.48. The molecule has 116 valence electrons. The van der Waals surface area contributed by atoms with E-state index < -0.39 is 29.6 Å². The van der Waals surface area contributed by atoms with Gasteiger partial charge in [0.2, 0.25) is 5.91 Å². The number of benzene rings is 1. The molecular weight excluding hydrogens is 290 g/mol. The lowest BCUT2D eigenvalue weighted by atomic mass is 10.0. The summed E-state index contributed by atoms with van der Waals surface area (Å²) in [6.45, 7) is 0. The number of rotatable bonds is 4. The van der Waals surface area contributed by atoms with Crippen molar-refractivity contribution in [2.75, 3.05) is 19.5 Å². The van der Waals surface area contributed by atoms with E-state index in [0.717, 1.165) is 5.01 Å². The Morgan fingerprint density at radius 2 is 2.09 bits per heavy atom. The smallest absolute Gasteiger partial charge is 0.337 e.